The Balaban J connectivity index is 1.69. The van der Waals surface area contributed by atoms with Crippen LogP contribution in [0.15, 0.2) is 35.6 Å². The zero-order valence-corrected chi connectivity index (χ0v) is 19.0. The van der Waals surface area contributed by atoms with Gasteiger partial charge in [0.2, 0.25) is 11.7 Å². The molecule has 1 atom stereocenters. The molecule has 1 unspecified atom stereocenters. The van der Waals surface area contributed by atoms with Gasteiger partial charge in [0.25, 0.3) is 11.8 Å². The highest BCUT2D eigenvalue weighted by Gasteiger charge is 2.36. The second-order valence-corrected chi connectivity index (χ2v) is 8.02. The van der Waals surface area contributed by atoms with Crippen molar-refractivity contribution in [2.45, 2.75) is 11.0 Å². The number of aromatic amines is 1. The minimum Gasteiger partial charge on any atom is -0.478 e. The van der Waals surface area contributed by atoms with E-state index in [-0.39, 0.29) is 5.95 Å². The summed E-state index contributed by atoms with van der Waals surface area (Å²) in [6.07, 6.45) is 0.278. The molecule has 0 spiro atoms. The number of hydrogen-bond donors (Lipinski definition) is 2. The zero-order valence-electron chi connectivity index (χ0n) is 17.4. The van der Waals surface area contributed by atoms with E-state index in [0.717, 1.165) is 14.2 Å². The number of nitrogens with zero attached hydrogens (tertiary/aromatic N) is 5. The van der Waals surface area contributed by atoms with Crippen LogP contribution in [0.3, 0.4) is 0 Å². The van der Waals surface area contributed by atoms with E-state index in [1.807, 2.05) is 0 Å². The number of ether oxygens (including phenoxy) is 3. The molecule has 0 saturated heterocycles. The molecule has 0 bridgehead atoms. The Morgan fingerprint density at radius 1 is 1.18 bits per heavy atom. The van der Waals surface area contributed by atoms with Crippen LogP contribution in [0.4, 0.5) is 19.1 Å². The Morgan fingerprint density at radius 2 is 1.82 bits per heavy atom. The maximum atomic E-state index is 13.4. The third-order valence-corrected chi connectivity index (χ3v) is 5.75. The number of H-pyrrole nitrogens is 1. The van der Waals surface area contributed by atoms with Gasteiger partial charge in [-0.15, -0.1) is 4.80 Å². The first-order valence-corrected chi connectivity index (χ1v) is 10.8. The number of nitrogens with one attached hydrogen (secondary N) is 2. The predicted molar refractivity (Wildman–Crippen MR) is 115 cm³/mol. The van der Waals surface area contributed by atoms with E-state index < -0.39 is 41.3 Å². The van der Waals surface area contributed by atoms with Crippen LogP contribution >= 0.6 is 11.6 Å². The van der Waals surface area contributed by atoms with Crippen molar-refractivity contribution < 1.29 is 31.6 Å². The minimum atomic E-state index is -4.16. The first kappa shape index (κ1) is 23.6. The molecule has 11 nitrogen and oxygen atoms in total. The van der Waals surface area contributed by atoms with Crippen molar-refractivity contribution in [2.75, 3.05) is 25.6 Å². The van der Waals surface area contributed by atoms with Crippen molar-refractivity contribution in [1.82, 2.24) is 29.9 Å². The van der Waals surface area contributed by atoms with Crippen molar-refractivity contribution >= 4 is 39.4 Å². The Labute approximate surface area is 196 Å². The number of anilines is 1. The molecule has 0 amide bonds. The number of benzene rings is 1. The summed E-state index contributed by atoms with van der Waals surface area (Å²) in [4.78, 5) is 12.3. The number of fused-ring (bicyclic) bond motifs is 1. The lowest BCUT2D eigenvalue weighted by Gasteiger charge is -2.18. The lowest BCUT2D eigenvalue weighted by molar-refractivity contribution is -0.188. The van der Waals surface area contributed by atoms with Gasteiger partial charge in [0.05, 0.1) is 42.0 Å². The number of methoxy groups -OCH3 is 2. The molecule has 0 aliphatic heterocycles. The van der Waals surface area contributed by atoms with Crippen molar-refractivity contribution in [3.05, 3.63) is 35.7 Å². The monoisotopic (exact) mass is 517 g/mol. The summed E-state index contributed by atoms with van der Waals surface area (Å²) in [6.45, 7) is -2.09. The Morgan fingerprint density at radius 3 is 2.41 bits per heavy atom. The van der Waals surface area contributed by atoms with E-state index in [0.29, 0.717) is 26.5 Å². The van der Waals surface area contributed by atoms with Gasteiger partial charge in [-0.25, -0.2) is 8.60 Å². The third kappa shape index (κ3) is 4.43. The maximum absolute atomic E-state index is 13.4. The van der Waals surface area contributed by atoms with Crippen molar-refractivity contribution in [1.29, 1.82) is 0 Å². The molecule has 0 aliphatic carbocycles. The SMILES string of the molecule is COc1nc(NS(=O)c2c[nH]c3c(-n4nccn4)c(Cl)ccc23)nc(OC)c1OC(F)(F)CF. The molecular weight excluding hydrogens is 503 g/mol. The van der Waals surface area contributed by atoms with E-state index in [9.17, 15) is 17.4 Å². The normalized spacial score (nSPS) is 12.5. The van der Waals surface area contributed by atoms with E-state index >= 15 is 0 Å². The van der Waals surface area contributed by atoms with Gasteiger partial charge in [-0.3, -0.25) is 4.72 Å². The predicted octanol–water partition coefficient (Wildman–Crippen LogP) is 3.29. The number of rotatable bonds is 9. The molecule has 0 saturated carbocycles. The molecule has 3 aromatic heterocycles. The standard InChI is InChI=1S/C18H15ClF3N7O4S/c1-31-15-14(33-18(21,22)8-20)16(32-2)27-17(26-15)28-34(30)11-7-23-12-9(11)3-4-10(19)13(12)29-24-5-6-25-29/h3-7,23H,8H2,1-2H3,(H,26,27,28). The van der Waals surface area contributed by atoms with Gasteiger partial charge in [0, 0.05) is 11.6 Å². The van der Waals surface area contributed by atoms with E-state index in [4.69, 9.17) is 21.1 Å². The molecule has 4 aromatic rings. The van der Waals surface area contributed by atoms with Gasteiger partial charge in [-0.1, -0.05) is 11.6 Å². The lowest BCUT2D eigenvalue weighted by atomic mass is 10.2. The van der Waals surface area contributed by atoms with E-state index in [1.54, 1.807) is 12.1 Å². The fourth-order valence-electron chi connectivity index (χ4n) is 2.95. The summed E-state index contributed by atoms with van der Waals surface area (Å²) in [7, 11) is 0.298. The van der Waals surface area contributed by atoms with Crippen LogP contribution < -0.4 is 18.9 Å². The summed E-state index contributed by atoms with van der Waals surface area (Å²) in [6, 6.07) is 3.24. The fourth-order valence-corrected chi connectivity index (χ4v) is 4.08. The number of aromatic nitrogens is 6. The van der Waals surface area contributed by atoms with Crippen molar-refractivity contribution in [3.8, 4) is 23.2 Å². The van der Waals surface area contributed by atoms with Gasteiger partial charge in [0.15, 0.2) is 17.7 Å². The van der Waals surface area contributed by atoms with Crippen LogP contribution in [0.1, 0.15) is 0 Å². The average Bonchev–Trinajstić information content (AvgIpc) is 3.49. The Kier molecular flexibility index (Phi) is 6.47. The number of hydrogen-bond acceptors (Lipinski definition) is 8. The van der Waals surface area contributed by atoms with E-state index in [1.165, 1.54) is 23.4 Å². The number of alkyl halides is 3. The van der Waals surface area contributed by atoms with Gasteiger partial charge in [-0.05, 0) is 12.1 Å². The fraction of sp³-hybridized carbons (Fsp3) is 0.222. The highest BCUT2D eigenvalue weighted by Crippen LogP contribution is 2.39. The van der Waals surface area contributed by atoms with Crippen molar-refractivity contribution in [2.24, 2.45) is 0 Å². The Bertz CT molecular complexity index is 1330. The first-order chi connectivity index (χ1) is 16.3. The highest BCUT2D eigenvalue weighted by atomic mass is 35.5. The van der Waals surface area contributed by atoms with Gasteiger partial charge >= 0.3 is 6.11 Å². The van der Waals surface area contributed by atoms with Crippen molar-refractivity contribution in [3.63, 3.8) is 0 Å². The van der Waals surface area contributed by atoms with Crippen LogP contribution in [-0.4, -0.2) is 61.2 Å². The zero-order chi connectivity index (χ0) is 24.5. The third-order valence-electron chi connectivity index (χ3n) is 4.34. The molecule has 2 N–H and O–H groups in total. The minimum absolute atomic E-state index is 0.291. The maximum Gasteiger partial charge on any atom is 0.427 e. The van der Waals surface area contributed by atoms with Crippen LogP contribution in [0.2, 0.25) is 5.02 Å². The van der Waals surface area contributed by atoms with Crippen LogP contribution in [-0.2, 0) is 11.0 Å². The molecule has 0 radical (unpaired) electrons. The molecule has 4 rings (SSSR count). The van der Waals surface area contributed by atoms with Crippen LogP contribution in [0.25, 0.3) is 16.6 Å². The second-order valence-electron chi connectivity index (χ2n) is 6.43. The topological polar surface area (TPSA) is 129 Å². The molecule has 0 fully saturated rings. The summed E-state index contributed by atoms with van der Waals surface area (Å²) in [5.74, 6) is -1.99. The molecule has 3 heterocycles. The quantitative estimate of drug-likeness (QED) is 0.346. The largest absolute Gasteiger partial charge is 0.478 e. The summed E-state index contributed by atoms with van der Waals surface area (Å²) in [5, 5.41) is 9.03. The summed E-state index contributed by atoms with van der Waals surface area (Å²) in [5.41, 5.74) is 0.962. The molecule has 0 aliphatic rings. The summed E-state index contributed by atoms with van der Waals surface area (Å²) >= 11 is 6.30. The molecule has 16 heteroatoms. The smallest absolute Gasteiger partial charge is 0.427 e. The second kappa shape index (κ2) is 9.34. The number of halogens is 4. The van der Waals surface area contributed by atoms with Crippen LogP contribution in [0.5, 0.6) is 17.5 Å². The van der Waals surface area contributed by atoms with Gasteiger partial charge in [-0.2, -0.15) is 28.9 Å². The molecule has 180 valence electrons. The van der Waals surface area contributed by atoms with Gasteiger partial charge < -0.3 is 19.2 Å². The van der Waals surface area contributed by atoms with Crippen LogP contribution in [0, 0.1) is 0 Å². The Hall–Kier alpha value is -3.59. The van der Waals surface area contributed by atoms with Gasteiger partial charge in [0.1, 0.15) is 5.69 Å². The highest BCUT2D eigenvalue weighted by molar-refractivity contribution is 7.86. The average molecular weight is 518 g/mol. The first-order valence-electron chi connectivity index (χ1n) is 9.25. The lowest BCUT2D eigenvalue weighted by Crippen LogP contribution is -2.28. The molecular formula is C18H15ClF3N7O4S. The van der Waals surface area contributed by atoms with E-state index in [2.05, 4.69) is 34.6 Å². The summed E-state index contributed by atoms with van der Waals surface area (Å²) < 4.78 is 69.2. The molecule has 1 aromatic carbocycles. The molecule has 34 heavy (non-hydrogen) atoms.